The maximum atomic E-state index is 10.8. The Bertz CT molecular complexity index is 469. The van der Waals surface area contributed by atoms with E-state index in [2.05, 4.69) is 31.0 Å². The normalized spacial score (nSPS) is 17.7. The summed E-state index contributed by atoms with van der Waals surface area (Å²) in [7, 11) is 0. The van der Waals surface area contributed by atoms with Crippen molar-refractivity contribution in [3.63, 3.8) is 0 Å². The van der Waals surface area contributed by atoms with Crippen molar-refractivity contribution >= 4 is 11.7 Å². The number of piperidine rings is 1. The first kappa shape index (κ1) is 15.8. The average molecular weight is 290 g/mol. The minimum absolute atomic E-state index is 0.334. The van der Waals surface area contributed by atoms with Crippen LogP contribution in [-0.2, 0) is 0 Å². The summed E-state index contributed by atoms with van der Waals surface area (Å²) in [4.78, 5) is 13.4. The minimum atomic E-state index is -0.878. The minimum Gasteiger partial charge on any atom is -0.478 e. The molecule has 21 heavy (non-hydrogen) atoms. The van der Waals surface area contributed by atoms with Gasteiger partial charge in [-0.2, -0.15) is 0 Å². The molecular weight excluding hydrogens is 264 g/mol. The Morgan fingerprint density at radius 2 is 1.81 bits per heavy atom. The zero-order chi connectivity index (χ0) is 15.5. The van der Waals surface area contributed by atoms with Crippen LogP contribution in [-0.4, -0.2) is 41.7 Å². The number of carboxylic acid groups (broad SMARTS) is 1. The van der Waals surface area contributed by atoms with Crippen molar-refractivity contribution in [2.45, 2.75) is 39.7 Å². The second-order valence-corrected chi connectivity index (χ2v) is 7.14. The van der Waals surface area contributed by atoms with Crippen molar-refractivity contribution in [2.24, 2.45) is 5.41 Å². The molecular formula is C17H26N2O2. The molecule has 2 N–H and O–H groups in total. The fourth-order valence-electron chi connectivity index (χ4n) is 2.85. The van der Waals surface area contributed by atoms with Crippen LogP contribution >= 0.6 is 0 Å². The Labute approximate surface area is 127 Å². The van der Waals surface area contributed by atoms with Crippen molar-refractivity contribution in [3.8, 4) is 0 Å². The molecule has 1 aromatic carbocycles. The molecule has 0 bridgehead atoms. The molecule has 1 fully saturated rings. The number of aromatic carboxylic acids is 1. The van der Waals surface area contributed by atoms with Gasteiger partial charge in [0.1, 0.15) is 0 Å². The molecule has 2 rings (SSSR count). The lowest BCUT2D eigenvalue weighted by Crippen LogP contribution is -2.42. The van der Waals surface area contributed by atoms with Gasteiger partial charge < -0.3 is 15.3 Å². The molecule has 0 spiro atoms. The van der Waals surface area contributed by atoms with Gasteiger partial charge in [-0.05, 0) is 42.5 Å². The predicted octanol–water partition coefficient (Wildman–Crippen LogP) is 3.31. The number of carbonyl (C=O) groups is 1. The van der Waals surface area contributed by atoms with Crippen LogP contribution in [0.5, 0.6) is 0 Å². The first-order chi connectivity index (χ1) is 9.83. The monoisotopic (exact) mass is 290 g/mol. The summed E-state index contributed by atoms with van der Waals surface area (Å²) in [5, 5.41) is 12.4. The van der Waals surface area contributed by atoms with Gasteiger partial charge in [-0.15, -0.1) is 0 Å². The highest BCUT2D eigenvalue weighted by atomic mass is 16.4. The van der Waals surface area contributed by atoms with Gasteiger partial charge in [0.25, 0.3) is 0 Å². The number of likely N-dealkylation sites (tertiary alicyclic amines) is 1. The van der Waals surface area contributed by atoms with Gasteiger partial charge in [0.15, 0.2) is 0 Å². The average Bonchev–Trinajstić information content (AvgIpc) is 2.40. The molecule has 4 nitrogen and oxygen atoms in total. The van der Waals surface area contributed by atoms with E-state index in [1.165, 1.54) is 0 Å². The number of carboxylic acids is 1. The van der Waals surface area contributed by atoms with E-state index in [1.807, 2.05) is 12.1 Å². The summed E-state index contributed by atoms with van der Waals surface area (Å²) < 4.78 is 0. The fraction of sp³-hybridized carbons (Fsp3) is 0.588. The number of nitrogens with one attached hydrogen (secondary N) is 1. The van der Waals surface area contributed by atoms with Crippen LogP contribution in [0.4, 0.5) is 5.69 Å². The van der Waals surface area contributed by atoms with Gasteiger partial charge in [-0.1, -0.05) is 20.8 Å². The number of anilines is 1. The smallest absolute Gasteiger partial charge is 0.335 e. The quantitative estimate of drug-likeness (QED) is 0.893. The number of benzene rings is 1. The van der Waals surface area contributed by atoms with Crippen molar-refractivity contribution in [1.82, 2.24) is 4.90 Å². The summed E-state index contributed by atoms with van der Waals surface area (Å²) in [5.74, 6) is -0.878. The Morgan fingerprint density at radius 3 is 2.29 bits per heavy atom. The van der Waals surface area contributed by atoms with Gasteiger partial charge in [-0.25, -0.2) is 4.79 Å². The lowest BCUT2D eigenvalue weighted by Gasteiger charge is -2.36. The van der Waals surface area contributed by atoms with Gasteiger partial charge in [-0.3, -0.25) is 0 Å². The van der Waals surface area contributed by atoms with E-state index in [0.717, 1.165) is 38.2 Å². The number of hydrogen-bond donors (Lipinski definition) is 2. The number of rotatable bonds is 4. The Kier molecular flexibility index (Phi) is 4.88. The Balaban J connectivity index is 1.82. The topological polar surface area (TPSA) is 52.6 Å². The van der Waals surface area contributed by atoms with E-state index in [0.29, 0.717) is 17.0 Å². The molecule has 0 aromatic heterocycles. The van der Waals surface area contributed by atoms with Gasteiger partial charge in [0, 0.05) is 31.4 Å². The molecule has 0 atom stereocenters. The molecule has 0 amide bonds. The lowest BCUT2D eigenvalue weighted by molar-refractivity contribution is 0.0697. The summed E-state index contributed by atoms with van der Waals surface area (Å²) >= 11 is 0. The highest BCUT2D eigenvalue weighted by molar-refractivity contribution is 5.87. The molecule has 4 heteroatoms. The summed E-state index contributed by atoms with van der Waals surface area (Å²) in [6, 6.07) is 7.49. The van der Waals surface area contributed by atoms with Crippen LogP contribution in [0.2, 0.25) is 0 Å². The van der Waals surface area contributed by atoms with Crippen molar-refractivity contribution in [1.29, 1.82) is 0 Å². The Hall–Kier alpha value is -1.55. The first-order valence-electron chi connectivity index (χ1n) is 7.66. The molecule has 0 aliphatic carbocycles. The maximum Gasteiger partial charge on any atom is 0.335 e. The van der Waals surface area contributed by atoms with Crippen molar-refractivity contribution in [3.05, 3.63) is 29.8 Å². The van der Waals surface area contributed by atoms with Crippen LogP contribution in [0.15, 0.2) is 24.3 Å². The predicted molar refractivity (Wildman–Crippen MR) is 85.9 cm³/mol. The number of nitrogens with zero attached hydrogens (tertiary/aromatic N) is 1. The molecule has 0 unspecified atom stereocenters. The highest BCUT2D eigenvalue weighted by Crippen LogP contribution is 2.21. The third-order valence-electron chi connectivity index (χ3n) is 3.79. The van der Waals surface area contributed by atoms with Crippen LogP contribution in [0.1, 0.15) is 44.0 Å². The Morgan fingerprint density at radius 1 is 1.24 bits per heavy atom. The molecule has 1 aromatic rings. The summed E-state index contributed by atoms with van der Waals surface area (Å²) in [6.07, 6.45) is 2.27. The third kappa shape index (κ3) is 5.05. The second-order valence-electron chi connectivity index (χ2n) is 7.14. The van der Waals surface area contributed by atoms with E-state index in [1.54, 1.807) is 12.1 Å². The summed E-state index contributed by atoms with van der Waals surface area (Å²) in [6.45, 7) is 10.2. The van der Waals surface area contributed by atoms with Crippen molar-refractivity contribution < 1.29 is 9.90 Å². The highest BCUT2D eigenvalue weighted by Gasteiger charge is 2.22. The zero-order valence-corrected chi connectivity index (χ0v) is 13.2. The first-order valence-corrected chi connectivity index (χ1v) is 7.66. The fourth-order valence-corrected chi connectivity index (χ4v) is 2.85. The van der Waals surface area contributed by atoms with Crippen LogP contribution < -0.4 is 5.32 Å². The maximum absolute atomic E-state index is 10.8. The molecule has 1 aliphatic rings. The van der Waals surface area contributed by atoms with Gasteiger partial charge in [0.2, 0.25) is 0 Å². The van der Waals surface area contributed by atoms with Crippen LogP contribution in [0, 0.1) is 5.41 Å². The number of hydrogen-bond acceptors (Lipinski definition) is 3. The standard InChI is InChI=1S/C17H26N2O2/c1-17(2,3)12-19-10-8-15(9-11-19)18-14-6-4-13(5-7-14)16(20)21/h4-7,15,18H,8-12H2,1-3H3,(H,20,21). The van der Waals surface area contributed by atoms with E-state index in [9.17, 15) is 4.79 Å². The zero-order valence-electron chi connectivity index (χ0n) is 13.2. The third-order valence-corrected chi connectivity index (χ3v) is 3.79. The van der Waals surface area contributed by atoms with E-state index >= 15 is 0 Å². The van der Waals surface area contributed by atoms with Gasteiger partial charge >= 0.3 is 5.97 Å². The van der Waals surface area contributed by atoms with Gasteiger partial charge in [0.05, 0.1) is 5.56 Å². The van der Waals surface area contributed by atoms with E-state index in [4.69, 9.17) is 5.11 Å². The summed E-state index contributed by atoms with van der Waals surface area (Å²) in [5.41, 5.74) is 1.70. The molecule has 0 radical (unpaired) electrons. The molecule has 0 saturated carbocycles. The molecule has 1 heterocycles. The van der Waals surface area contributed by atoms with E-state index in [-0.39, 0.29) is 0 Å². The largest absolute Gasteiger partial charge is 0.478 e. The van der Waals surface area contributed by atoms with Crippen molar-refractivity contribution in [2.75, 3.05) is 25.0 Å². The van der Waals surface area contributed by atoms with E-state index < -0.39 is 5.97 Å². The van der Waals surface area contributed by atoms with Crippen LogP contribution in [0.3, 0.4) is 0 Å². The van der Waals surface area contributed by atoms with Crippen LogP contribution in [0.25, 0.3) is 0 Å². The molecule has 1 saturated heterocycles. The molecule has 116 valence electrons. The lowest BCUT2D eigenvalue weighted by atomic mass is 9.94. The second kappa shape index (κ2) is 6.48. The SMILES string of the molecule is CC(C)(C)CN1CCC(Nc2ccc(C(=O)O)cc2)CC1. The molecule has 1 aliphatic heterocycles.